The van der Waals surface area contributed by atoms with Crippen LogP contribution >= 0.6 is 0 Å². The maximum atomic E-state index is 15.2. The molecular formula is C28H8F10O4. The van der Waals surface area contributed by atoms with Gasteiger partial charge in [0.1, 0.15) is 0 Å². The summed E-state index contributed by atoms with van der Waals surface area (Å²) < 4.78 is 150. The maximum absolute atomic E-state index is 15.2. The molecule has 0 saturated carbocycles. The normalized spacial score (nSPS) is 11.3. The Hall–Kier alpha value is -5.14. The second kappa shape index (κ2) is 10.4. The zero-order valence-electron chi connectivity index (χ0n) is 20.0. The fourth-order valence-electron chi connectivity index (χ4n) is 4.02. The molecule has 14 heteroatoms. The van der Waals surface area contributed by atoms with Crippen molar-refractivity contribution < 1.29 is 63.0 Å². The molecule has 4 nitrogen and oxygen atoms in total. The van der Waals surface area contributed by atoms with Crippen molar-refractivity contribution in [3.05, 3.63) is 118 Å². The first kappa shape index (κ1) is 28.4. The molecule has 0 spiro atoms. The summed E-state index contributed by atoms with van der Waals surface area (Å²) in [6, 6.07) is 5.07. The van der Waals surface area contributed by atoms with Crippen molar-refractivity contribution in [2.45, 2.75) is 0 Å². The Kier molecular flexibility index (Phi) is 7.00. The van der Waals surface area contributed by atoms with Crippen molar-refractivity contribution >= 4 is 33.5 Å². The van der Waals surface area contributed by atoms with E-state index in [9.17, 15) is 44.7 Å². The van der Waals surface area contributed by atoms with Gasteiger partial charge < -0.3 is 9.47 Å². The summed E-state index contributed by atoms with van der Waals surface area (Å²) >= 11 is 0. The third-order valence-corrected chi connectivity index (χ3v) is 6.02. The molecule has 0 unspecified atom stereocenters. The Labute approximate surface area is 226 Å². The van der Waals surface area contributed by atoms with Crippen LogP contribution in [0.4, 0.5) is 43.9 Å². The van der Waals surface area contributed by atoms with E-state index in [0.29, 0.717) is 36.4 Å². The lowest BCUT2D eigenvalue weighted by Gasteiger charge is -2.13. The average molecular weight is 598 g/mol. The highest BCUT2D eigenvalue weighted by molar-refractivity contribution is 6.09. The van der Waals surface area contributed by atoms with Crippen molar-refractivity contribution in [3.8, 4) is 11.5 Å². The van der Waals surface area contributed by atoms with Gasteiger partial charge in [0.15, 0.2) is 58.0 Å². The van der Waals surface area contributed by atoms with Gasteiger partial charge in [0.05, 0.1) is 11.1 Å². The smallest absolute Gasteiger partial charge is 0.346 e. The van der Waals surface area contributed by atoms with Crippen molar-refractivity contribution in [3.63, 3.8) is 0 Å². The van der Waals surface area contributed by atoms with E-state index < -0.39 is 104 Å². The van der Waals surface area contributed by atoms with Gasteiger partial charge in [0.25, 0.3) is 0 Å². The molecule has 0 radical (unpaired) electrons. The van der Waals surface area contributed by atoms with Gasteiger partial charge >= 0.3 is 11.9 Å². The van der Waals surface area contributed by atoms with E-state index in [2.05, 4.69) is 9.47 Å². The molecule has 214 valence electrons. The largest absolute Gasteiger partial charge is 0.420 e. The minimum Gasteiger partial charge on any atom is -0.420 e. The van der Waals surface area contributed by atoms with Crippen molar-refractivity contribution in [2.75, 3.05) is 0 Å². The molecule has 0 aliphatic heterocycles. The van der Waals surface area contributed by atoms with Crippen LogP contribution in [0, 0.1) is 58.2 Å². The quantitative estimate of drug-likeness (QED) is 0.0696. The Morgan fingerprint density at radius 2 is 0.786 bits per heavy atom. The fraction of sp³-hybridized carbons (Fsp3) is 0. The zero-order valence-corrected chi connectivity index (χ0v) is 20.0. The third kappa shape index (κ3) is 4.54. The van der Waals surface area contributed by atoms with Crippen LogP contribution in [-0.4, -0.2) is 11.9 Å². The lowest BCUT2D eigenvalue weighted by Crippen LogP contribution is -2.14. The number of carbonyl (C=O) groups excluding carboxylic acids is 2. The maximum Gasteiger partial charge on any atom is 0.346 e. The van der Waals surface area contributed by atoms with Gasteiger partial charge in [-0.05, 0) is 47.2 Å². The molecule has 0 amide bonds. The molecule has 0 bridgehead atoms. The van der Waals surface area contributed by atoms with Crippen molar-refractivity contribution in [2.24, 2.45) is 0 Å². The number of fused-ring (bicyclic) bond motifs is 3. The van der Waals surface area contributed by atoms with E-state index in [-0.39, 0.29) is 10.8 Å². The van der Waals surface area contributed by atoms with Gasteiger partial charge in [-0.1, -0.05) is 12.1 Å². The fourth-order valence-corrected chi connectivity index (χ4v) is 4.02. The lowest BCUT2D eigenvalue weighted by molar-refractivity contribution is 0.0711. The lowest BCUT2D eigenvalue weighted by atomic mass is 9.99. The Morgan fingerprint density at radius 1 is 0.429 bits per heavy atom. The number of rotatable bonds is 4. The van der Waals surface area contributed by atoms with Crippen molar-refractivity contribution in [1.29, 1.82) is 0 Å². The number of esters is 2. The first-order valence-electron chi connectivity index (χ1n) is 11.3. The predicted molar refractivity (Wildman–Crippen MR) is 124 cm³/mol. The molecule has 0 aromatic heterocycles. The van der Waals surface area contributed by atoms with Gasteiger partial charge in [-0.3, -0.25) is 0 Å². The molecule has 0 aliphatic rings. The van der Waals surface area contributed by atoms with Crippen LogP contribution in [0.2, 0.25) is 0 Å². The van der Waals surface area contributed by atoms with Crippen LogP contribution in [0.25, 0.3) is 21.5 Å². The summed E-state index contributed by atoms with van der Waals surface area (Å²) in [5.74, 6) is -24.7. The first-order valence-corrected chi connectivity index (χ1v) is 11.3. The van der Waals surface area contributed by atoms with Crippen LogP contribution in [0.1, 0.15) is 20.7 Å². The van der Waals surface area contributed by atoms with Gasteiger partial charge in [-0.25, -0.2) is 44.7 Å². The number of carbonyl (C=O) groups is 2. The molecular weight excluding hydrogens is 590 g/mol. The molecule has 0 fully saturated rings. The minimum absolute atomic E-state index is 0.385. The molecule has 5 aromatic carbocycles. The van der Waals surface area contributed by atoms with Crippen LogP contribution in [0.15, 0.2) is 48.5 Å². The molecule has 0 heterocycles. The molecule has 0 N–H and O–H groups in total. The van der Waals surface area contributed by atoms with Gasteiger partial charge in [0, 0.05) is 10.8 Å². The van der Waals surface area contributed by atoms with Crippen LogP contribution in [-0.2, 0) is 0 Å². The number of benzene rings is 5. The van der Waals surface area contributed by atoms with Crippen molar-refractivity contribution in [1.82, 2.24) is 0 Å². The molecule has 42 heavy (non-hydrogen) atoms. The van der Waals surface area contributed by atoms with E-state index in [0.717, 1.165) is 12.1 Å². The second-order valence-electron chi connectivity index (χ2n) is 8.49. The summed E-state index contributed by atoms with van der Waals surface area (Å²) in [5.41, 5.74) is -2.32. The van der Waals surface area contributed by atoms with Gasteiger partial charge in [0.2, 0.25) is 11.6 Å². The predicted octanol–water partition coefficient (Wildman–Crippen LogP) is 7.82. The summed E-state index contributed by atoms with van der Waals surface area (Å²) in [6.07, 6.45) is 0. The molecule has 0 saturated heterocycles. The highest BCUT2D eigenvalue weighted by Gasteiger charge is 2.27. The van der Waals surface area contributed by atoms with Crippen LogP contribution in [0.5, 0.6) is 11.5 Å². The number of hydrogen-bond donors (Lipinski definition) is 0. The minimum atomic E-state index is -2.03. The van der Waals surface area contributed by atoms with Crippen LogP contribution < -0.4 is 9.47 Å². The first-order chi connectivity index (χ1) is 19.8. The van der Waals surface area contributed by atoms with E-state index in [1.807, 2.05) is 0 Å². The number of halogens is 10. The number of hydrogen-bond acceptors (Lipinski definition) is 4. The van der Waals surface area contributed by atoms with Gasteiger partial charge in [-0.2, -0.15) is 8.78 Å². The Morgan fingerprint density at radius 3 is 1.14 bits per heavy atom. The Balaban J connectivity index is 1.56. The van der Waals surface area contributed by atoms with E-state index >= 15 is 8.78 Å². The highest BCUT2D eigenvalue weighted by atomic mass is 19.2. The third-order valence-electron chi connectivity index (χ3n) is 6.02. The zero-order chi connectivity index (χ0) is 30.6. The monoisotopic (exact) mass is 598 g/mol. The summed E-state index contributed by atoms with van der Waals surface area (Å²) in [6.45, 7) is 0. The molecule has 5 aromatic rings. The highest BCUT2D eigenvalue weighted by Crippen LogP contribution is 2.38. The average Bonchev–Trinajstić information content (AvgIpc) is 2.95. The Bertz CT molecular complexity index is 1850. The van der Waals surface area contributed by atoms with E-state index in [1.165, 1.54) is 0 Å². The number of ether oxygens (including phenoxy) is 2. The van der Waals surface area contributed by atoms with E-state index in [1.54, 1.807) is 0 Å². The SMILES string of the molecule is O=C(Oc1cc2ccc3cc(OC(=O)c4ccc(F)c(F)c4F)c(F)c(F)c3c2c(F)c1F)c1ccc(F)c(F)c1F. The van der Waals surface area contributed by atoms with E-state index in [4.69, 9.17) is 0 Å². The summed E-state index contributed by atoms with van der Waals surface area (Å²) in [4.78, 5) is 24.5. The van der Waals surface area contributed by atoms with Crippen LogP contribution in [0.3, 0.4) is 0 Å². The van der Waals surface area contributed by atoms with Gasteiger partial charge in [-0.15, -0.1) is 0 Å². The summed E-state index contributed by atoms with van der Waals surface area (Å²) in [7, 11) is 0. The molecule has 0 atom stereocenters. The molecule has 0 aliphatic carbocycles. The standard InChI is InChI=1S/C28H8F10O4/c29-13-5-3-11(19(31)21(13)33)27(39)41-15-7-9-1-2-10-8-16(24(36)26(38)18(10)17(9)25(37)23(15)35)42-28(40)12-4-6-14(30)22(34)20(12)32/h1-8H. The molecule has 5 rings (SSSR count). The topological polar surface area (TPSA) is 52.6 Å². The second-order valence-corrected chi connectivity index (χ2v) is 8.49. The summed E-state index contributed by atoms with van der Waals surface area (Å²) in [5, 5.41) is -2.54.